The van der Waals surface area contributed by atoms with Crippen LogP contribution in [0.1, 0.15) is 15.2 Å². The normalized spacial score (nSPS) is 13.4. The average Bonchev–Trinajstić information content (AvgIpc) is 3.36. The van der Waals surface area contributed by atoms with Gasteiger partial charge in [-0.2, -0.15) is 5.10 Å². The Kier molecular flexibility index (Phi) is 6.29. The number of carbonyl (C=O) groups excluding carboxylic acids is 1. The molecule has 5 aromatic rings. The Balaban J connectivity index is 1.25. The number of benzene rings is 2. The molecule has 1 aliphatic heterocycles. The van der Waals surface area contributed by atoms with Crippen LogP contribution in [0.15, 0.2) is 71.7 Å². The summed E-state index contributed by atoms with van der Waals surface area (Å²) in [7, 11) is 0. The van der Waals surface area contributed by atoms with Gasteiger partial charge < -0.3 is 20.6 Å². The molecule has 1 fully saturated rings. The van der Waals surface area contributed by atoms with Gasteiger partial charge in [-0.3, -0.25) is 9.59 Å². The van der Waals surface area contributed by atoms with Gasteiger partial charge in [0.25, 0.3) is 11.5 Å². The first-order chi connectivity index (χ1) is 18.9. The van der Waals surface area contributed by atoms with Crippen molar-refractivity contribution in [1.29, 1.82) is 0 Å². The van der Waals surface area contributed by atoms with Gasteiger partial charge in [-0.25, -0.2) is 14.5 Å². The number of nitrogens with one attached hydrogen (secondary N) is 3. The lowest BCUT2D eigenvalue weighted by molar-refractivity contribution is 0.103. The molecule has 4 N–H and O–H groups in total. The molecule has 0 spiro atoms. The van der Waals surface area contributed by atoms with Gasteiger partial charge in [0.1, 0.15) is 17.3 Å². The minimum Gasteiger partial charge on any atom is -0.389 e. The van der Waals surface area contributed by atoms with Crippen molar-refractivity contribution in [2.45, 2.75) is 13.0 Å². The average molecular weight is 543 g/mol. The quantitative estimate of drug-likeness (QED) is 0.246. The molecule has 0 unspecified atom stereocenters. The third kappa shape index (κ3) is 4.85. The second kappa shape index (κ2) is 9.93. The Labute approximate surface area is 226 Å². The van der Waals surface area contributed by atoms with Crippen molar-refractivity contribution in [3.8, 4) is 11.3 Å². The highest BCUT2D eigenvalue weighted by atomic mass is 32.1. The monoisotopic (exact) mass is 542 g/mol. The third-order valence-corrected chi connectivity index (χ3v) is 7.73. The summed E-state index contributed by atoms with van der Waals surface area (Å²) in [6.45, 7) is 2.81. The zero-order valence-corrected chi connectivity index (χ0v) is 21.6. The molecule has 0 saturated carbocycles. The number of nitrogens with zero attached hydrogens (tertiary/aromatic N) is 3. The number of aromatic nitrogens is 3. The third-order valence-electron chi connectivity index (χ3n) is 6.62. The van der Waals surface area contributed by atoms with Crippen molar-refractivity contribution in [2.75, 3.05) is 28.6 Å². The minimum absolute atomic E-state index is 0.0471. The van der Waals surface area contributed by atoms with Crippen molar-refractivity contribution in [1.82, 2.24) is 15.2 Å². The van der Waals surface area contributed by atoms with Gasteiger partial charge in [0.2, 0.25) is 0 Å². The highest BCUT2D eigenvalue weighted by Gasteiger charge is 2.24. The maximum atomic E-state index is 14.9. The number of H-pyrrole nitrogens is 1. The zero-order valence-electron chi connectivity index (χ0n) is 20.7. The van der Waals surface area contributed by atoms with Gasteiger partial charge in [0.15, 0.2) is 0 Å². The second-order valence-corrected chi connectivity index (χ2v) is 10.4. The van der Waals surface area contributed by atoms with Crippen LogP contribution in [0.3, 0.4) is 0 Å². The number of hydrogen-bond acceptors (Lipinski definition) is 8. The van der Waals surface area contributed by atoms with Gasteiger partial charge in [-0.15, -0.1) is 11.3 Å². The van der Waals surface area contributed by atoms with Crippen LogP contribution in [-0.4, -0.2) is 45.4 Å². The Bertz CT molecular complexity index is 1730. The van der Waals surface area contributed by atoms with Gasteiger partial charge in [0.05, 0.1) is 34.2 Å². The molecule has 39 heavy (non-hydrogen) atoms. The van der Waals surface area contributed by atoms with E-state index in [1.165, 1.54) is 17.4 Å². The fourth-order valence-electron chi connectivity index (χ4n) is 4.47. The molecule has 4 heterocycles. The number of carbonyl (C=O) groups is 1. The van der Waals surface area contributed by atoms with Crippen LogP contribution in [-0.2, 0) is 0 Å². The van der Waals surface area contributed by atoms with Gasteiger partial charge in [-0.1, -0.05) is 18.2 Å². The molecule has 11 heteroatoms. The van der Waals surface area contributed by atoms with Crippen molar-refractivity contribution in [2.24, 2.45) is 0 Å². The lowest BCUT2D eigenvalue weighted by Gasteiger charge is -2.37. The van der Waals surface area contributed by atoms with Gasteiger partial charge >= 0.3 is 0 Å². The highest BCUT2D eigenvalue weighted by molar-refractivity contribution is 7.20. The molecule has 9 nitrogen and oxygen atoms in total. The van der Waals surface area contributed by atoms with Crippen LogP contribution in [0, 0.1) is 12.7 Å². The number of thiophene rings is 1. The predicted molar refractivity (Wildman–Crippen MR) is 151 cm³/mol. The van der Waals surface area contributed by atoms with Crippen LogP contribution in [0.5, 0.6) is 0 Å². The van der Waals surface area contributed by atoms with E-state index in [0.29, 0.717) is 40.6 Å². The number of fused-ring (bicyclic) bond motifs is 1. The molecule has 1 amide bonds. The maximum absolute atomic E-state index is 14.9. The number of hydrogen-bond donors (Lipinski definition) is 4. The molecule has 6 rings (SSSR count). The molecule has 0 atom stereocenters. The van der Waals surface area contributed by atoms with Crippen molar-refractivity contribution in [3.63, 3.8) is 0 Å². The Morgan fingerprint density at radius 2 is 1.97 bits per heavy atom. The highest BCUT2D eigenvalue weighted by Crippen LogP contribution is 2.32. The van der Waals surface area contributed by atoms with Crippen LogP contribution < -0.4 is 21.1 Å². The Morgan fingerprint density at radius 1 is 1.15 bits per heavy atom. The molecule has 3 aromatic heterocycles. The standard InChI is InChI=1S/C28H23FN6O3S/c1-15-19(7-8-20(29)26(15)32-28(38)24-10-16-4-2-3-5-23(16)39-24)21-11-22(27(37)34-33-21)31-25-9-6-17(12-30-25)35-13-18(36)14-35/h2-12,18,36H,13-14H2,1H3,(H,32,38)(H,34,37)(H,30,31,33). The van der Waals surface area contributed by atoms with E-state index in [-0.39, 0.29) is 17.5 Å². The number of anilines is 4. The van der Waals surface area contributed by atoms with E-state index in [9.17, 15) is 19.1 Å². The van der Waals surface area contributed by atoms with Crippen molar-refractivity contribution in [3.05, 3.63) is 93.5 Å². The van der Waals surface area contributed by atoms with E-state index in [2.05, 4.69) is 25.8 Å². The summed E-state index contributed by atoms with van der Waals surface area (Å²) in [5.74, 6) is -0.531. The first kappa shape index (κ1) is 24.7. The number of rotatable bonds is 6. The summed E-state index contributed by atoms with van der Waals surface area (Å²) in [4.78, 5) is 32.3. The number of aliphatic hydroxyl groups excluding tert-OH is 1. The summed E-state index contributed by atoms with van der Waals surface area (Å²) in [5, 5.41) is 22.8. The predicted octanol–water partition coefficient (Wildman–Crippen LogP) is 4.67. The SMILES string of the molecule is Cc1c(-c2cc(Nc3ccc(N4CC(O)C4)cn3)c(=O)[nH]n2)ccc(F)c1NC(=O)c1cc2ccccc2s1. The number of aliphatic hydroxyl groups is 1. The van der Waals surface area contributed by atoms with Crippen LogP contribution in [0.25, 0.3) is 21.3 Å². The molecular weight excluding hydrogens is 519 g/mol. The van der Waals surface area contributed by atoms with Crippen LogP contribution in [0.2, 0.25) is 0 Å². The van der Waals surface area contributed by atoms with E-state index < -0.39 is 17.3 Å². The Morgan fingerprint density at radius 3 is 2.72 bits per heavy atom. The fraction of sp³-hybridized carbons (Fsp3) is 0.143. The number of pyridine rings is 1. The summed E-state index contributed by atoms with van der Waals surface area (Å²) in [6.07, 6.45) is 1.34. The summed E-state index contributed by atoms with van der Waals surface area (Å²) in [6, 6.07) is 17.4. The second-order valence-electron chi connectivity index (χ2n) is 9.28. The molecular formula is C28H23FN6O3S. The van der Waals surface area contributed by atoms with Crippen LogP contribution in [0.4, 0.5) is 27.3 Å². The van der Waals surface area contributed by atoms with Crippen molar-refractivity contribution < 1.29 is 14.3 Å². The largest absolute Gasteiger partial charge is 0.389 e. The van der Waals surface area contributed by atoms with Gasteiger partial charge in [0, 0.05) is 23.4 Å². The molecule has 0 bridgehead atoms. The Hall–Kier alpha value is -4.61. The first-order valence-corrected chi connectivity index (χ1v) is 13.0. The lowest BCUT2D eigenvalue weighted by atomic mass is 10.0. The van der Waals surface area contributed by atoms with E-state index in [1.807, 2.05) is 35.2 Å². The van der Waals surface area contributed by atoms with Crippen molar-refractivity contribution >= 4 is 50.2 Å². The lowest BCUT2D eigenvalue weighted by Crippen LogP contribution is -2.50. The fourth-order valence-corrected chi connectivity index (χ4v) is 5.42. The van der Waals surface area contributed by atoms with E-state index >= 15 is 0 Å². The maximum Gasteiger partial charge on any atom is 0.287 e. The first-order valence-electron chi connectivity index (χ1n) is 12.2. The zero-order chi connectivity index (χ0) is 27.1. The molecule has 2 aromatic carbocycles. The summed E-state index contributed by atoms with van der Waals surface area (Å²) >= 11 is 1.33. The summed E-state index contributed by atoms with van der Waals surface area (Å²) in [5.41, 5.74) is 2.08. The molecule has 196 valence electrons. The number of amides is 1. The molecule has 0 radical (unpaired) electrons. The topological polar surface area (TPSA) is 123 Å². The van der Waals surface area contributed by atoms with E-state index in [1.54, 1.807) is 37.4 Å². The number of halogens is 1. The number of β-amino-alcohol motifs (C(OH)–C–C–N with tert-alkyl or cyclic N) is 1. The molecule has 1 saturated heterocycles. The van der Waals surface area contributed by atoms with Crippen LogP contribution >= 0.6 is 11.3 Å². The van der Waals surface area contributed by atoms with E-state index in [0.717, 1.165) is 15.8 Å². The summed E-state index contributed by atoms with van der Waals surface area (Å²) < 4.78 is 15.8. The number of aromatic amines is 1. The van der Waals surface area contributed by atoms with E-state index in [4.69, 9.17) is 0 Å². The minimum atomic E-state index is -0.576. The molecule has 1 aliphatic rings. The molecule has 0 aliphatic carbocycles. The smallest absolute Gasteiger partial charge is 0.287 e. The van der Waals surface area contributed by atoms with Gasteiger partial charge in [-0.05, 0) is 60.3 Å².